The molecule has 3 N–H and O–H groups in total. The SMILES string of the molecule is COC(=O)C(CC[C@@H](C)[C@H]1CC[C@H]2[C@@H]3[C@H](O)C[C@@H]4C[C@@H](N)CC[C@]4(C)[C@H]3CC[C@]12C)C(C)C. The van der Waals surface area contributed by atoms with Crippen molar-refractivity contribution in [2.24, 2.45) is 63.9 Å². The molecule has 190 valence electrons. The van der Waals surface area contributed by atoms with Gasteiger partial charge in [-0.15, -0.1) is 0 Å². The van der Waals surface area contributed by atoms with E-state index in [1.54, 1.807) is 0 Å². The molecule has 4 heteroatoms. The summed E-state index contributed by atoms with van der Waals surface area (Å²) in [6.45, 7) is 11.8. The molecule has 11 atom stereocenters. The normalized spacial score (nSPS) is 46.8. The molecule has 0 aromatic heterocycles. The van der Waals surface area contributed by atoms with Gasteiger partial charge in [-0.1, -0.05) is 34.6 Å². The summed E-state index contributed by atoms with van der Waals surface area (Å²) in [5, 5.41) is 11.5. The van der Waals surface area contributed by atoms with Crippen molar-refractivity contribution in [2.75, 3.05) is 7.11 Å². The molecule has 4 saturated carbocycles. The van der Waals surface area contributed by atoms with Crippen LogP contribution in [0.5, 0.6) is 0 Å². The number of aliphatic hydroxyl groups is 1. The maximum atomic E-state index is 12.3. The highest BCUT2D eigenvalue weighted by atomic mass is 16.5. The van der Waals surface area contributed by atoms with E-state index in [0.717, 1.165) is 32.1 Å². The second-order valence-electron chi connectivity index (χ2n) is 13.5. The Morgan fingerprint density at radius 1 is 1.00 bits per heavy atom. The van der Waals surface area contributed by atoms with Crippen LogP contribution in [0.2, 0.25) is 0 Å². The number of carbonyl (C=O) groups excluding carboxylic acids is 1. The molecular weight excluding hydrogens is 410 g/mol. The standard InChI is InChI=1S/C29H51NO3/c1-17(2)21(27(32)33-6)8-7-18(3)22-9-10-23-26-24(12-14-29(22,23)5)28(4)13-11-20(30)15-19(28)16-25(26)31/h17-26,31H,7-16,30H2,1-6H3/t18-,19+,20+,21?,22-,23+,24+,25-,26+,28+,29-/m1/s1. The zero-order valence-corrected chi connectivity index (χ0v) is 22.2. The Bertz CT molecular complexity index is 709. The largest absolute Gasteiger partial charge is 0.469 e. The Labute approximate surface area is 202 Å². The van der Waals surface area contributed by atoms with Crippen molar-refractivity contribution in [2.45, 2.75) is 111 Å². The first kappa shape index (κ1) is 25.5. The highest BCUT2D eigenvalue weighted by Crippen LogP contribution is 2.68. The fourth-order valence-corrected chi connectivity index (χ4v) is 9.75. The van der Waals surface area contributed by atoms with Gasteiger partial charge in [0.25, 0.3) is 0 Å². The zero-order chi connectivity index (χ0) is 24.1. The molecule has 0 bridgehead atoms. The first-order chi connectivity index (χ1) is 15.5. The number of methoxy groups -OCH3 is 1. The topological polar surface area (TPSA) is 72.5 Å². The Morgan fingerprint density at radius 3 is 2.33 bits per heavy atom. The summed E-state index contributed by atoms with van der Waals surface area (Å²) in [6.07, 6.45) is 11.5. The number of nitrogens with two attached hydrogens (primary N) is 1. The molecule has 4 fully saturated rings. The molecule has 4 aliphatic rings. The van der Waals surface area contributed by atoms with Crippen LogP contribution in [0.3, 0.4) is 0 Å². The third-order valence-corrected chi connectivity index (χ3v) is 11.7. The van der Waals surface area contributed by atoms with Gasteiger partial charge in [0.1, 0.15) is 0 Å². The highest BCUT2D eigenvalue weighted by Gasteiger charge is 2.62. The van der Waals surface area contributed by atoms with E-state index in [-0.39, 0.29) is 18.0 Å². The van der Waals surface area contributed by atoms with Crippen LogP contribution in [0, 0.1) is 58.2 Å². The number of hydrogen-bond donors (Lipinski definition) is 2. The molecule has 4 aliphatic carbocycles. The van der Waals surface area contributed by atoms with E-state index in [0.29, 0.717) is 58.3 Å². The summed E-state index contributed by atoms with van der Waals surface area (Å²) in [5.74, 6) is 3.97. The predicted octanol–water partition coefficient (Wildman–Crippen LogP) is 5.80. The number of rotatable bonds is 6. The van der Waals surface area contributed by atoms with Crippen molar-refractivity contribution in [3.8, 4) is 0 Å². The number of carbonyl (C=O) groups is 1. The van der Waals surface area contributed by atoms with Gasteiger partial charge in [0.15, 0.2) is 0 Å². The smallest absolute Gasteiger partial charge is 0.308 e. The van der Waals surface area contributed by atoms with Crippen molar-refractivity contribution in [3.05, 3.63) is 0 Å². The third kappa shape index (κ3) is 4.30. The Kier molecular flexibility index (Phi) is 7.30. The summed E-state index contributed by atoms with van der Waals surface area (Å²) in [5.41, 5.74) is 7.06. The van der Waals surface area contributed by atoms with Gasteiger partial charge >= 0.3 is 5.97 Å². The minimum atomic E-state index is -0.151. The van der Waals surface area contributed by atoms with Crippen LogP contribution in [0.15, 0.2) is 0 Å². The van der Waals surface area contributed by atoms with Crippen LogP contribution in [-0.4, -0.2) is 30.3 Å². The summed E-state index contributed by atoms with van der Waals surface area (Å²) in [6, 6.07) is 0.331. The van der Waals surface area contributed by atoms with Crippen molar-refractivity contribution in [3.63, 3.8) is 0 Å². The lowest BCUT2D eigenvalue weighted by Crippen LogP contribution is -2.59. The van der Waals surface area contributed by atoms with Gasteiger partial charge in [-0.25, -0.2) is 0 Å². The summed E-state index contributed by atoms with van der Waals surface area (Å²) in [4.78, 5) is 12.3. The van der Waals surface area contributed by atoms with E-state index in [2.05, 4.69) is 34.6 Å². The minimum Gasteiger partial charge on any atom is -0.469 e. The molecule has 0 radical (unpaired) electrons. The quantitative estimate of drug-likeness (QED) is 0.490. The first-order valence-electron chi connectivity index (χ1n) is 14.0. The Balaban J connectivity index is 1.48. The second kappa shape index (κ2) is 9.45. The lowest BCUT2D eigenvalue weighted by molar-refractivity contribution is -0.166. The average Bonchev–Trinajstić information content (AvgIpc) is 3.11. The molecule has 0 heterocycles. The van der Waals surface area contributed by atoms with Crippen LogP contribution in [0.4, 0.5) is 0 Å². The van der Waals surface area contributed by atoms with Crippen molar-refractivity contribution in [1.29, 1.82) is 0 Å². The minimum absolute atomic E-state index is 0.00733. The molecule has 0 amide bonds. The van der Waals surface area contributed by atoms with Gasteiger partial charge in [-0.05, 0) is 116 Å². The number of hydrogen-bond acceptors (Lipinski definition) is 4. The molecule has 0 spiro atoms. The van der Waals surface area contributed by atoms with Crippen molar-refractivity contribution in [1.82, 2.24) is 0 Å². The van der Waals surface area contributed by atoms with E-state index < -0.39 is 0 Å². The van der Waals surface area contributed by atoms with Gasteiger partial charge in [0.05, 0.1) is 19.1 Å². The average molecular weight is 462 g/mol. The fraction of sp³-hybridized carbons (Fsp3) is 0.966. The number of ether oxygens (including phenoxy) is 1. The third-order valence-electron chi connectivity index (χ3n) is 11.7. The van der Waals surface area contributed by atoms with Gasteiger partial charge in [0, 0.05) is 6.04 Å². The summed E-state index contributed by atoms with van der Waals surface area (Å²) >= 11 is 0. The van der Waals surface area contributed by atoms with E-state index >= 15 is 0 Å². The molecule has 4 rings (SSSR count). The Hall–Kier alpha value is -0.610. The van der Waals surface area contributed by atoms with Crippen LogP contribution in [0.1, 0.15) is 98.8 Å². The van der Waals surface area contributed by atoms with Crippen LogP contribution >= 0.6 is 0 Å². The molecule has 4 nitrogen and oxygen atoms in total. The lowest BCUT2D eigenvalue weighted by atomic mass is 9.43. The van der Waals surface area contributed by atoms with Crippen LogP contribution < -0.4 is 5.73 Å². The van der Waals surface area contributed by atoms with Gasteiger partial charge < -0.3 is 15.6 Å². The number of aliphatic hydroxyl groups excluding tert-OH is 1. The fourth-order valence-electron chi connectivity index (χ4n) is 9.75. The Morgan fingerprint density at radius 2 is 1.67 bits per heavy atom. The van der Waals surface area contributed by atoms with Gasteiger partial charge in [-0.2, -0.15) is 0 Å². The molecule has 0 aromatic rings. The zero-order valence-electron chi connectivity index (χ0n) is 22.2. The van der Waals surface area contributed by atoms with E-state index in [1.165, 1.54) is 39.2 Å². The maximum Gasteiger partial charge on any atom is 0.308 e. The van der Waals surface area contributed by atoms with E-state index in [9.17, 15) is 9.90 Å². The van der Waals surface area contributed by atoms with Crippen LogP contribution in [-0.2, 0) is 9.53 Å². The van der Waals surface area contributed by atoms with Gasteiger partial charge in [0.2, 0.25) is 0 Å². The van der Waals surface area contributed by atoms with Crippen molar-refractivity contribution < 1.29 is 14.6 Å². The van der Waals surface area contributed by atoms with Crippen molar-refractivity contribution >= 4 is 5.97 Å². The molecular formula is C29H51NO3. The number of esters is 1. The van der Waals surface area contributed by atoms with Crippen LogP contribution in [0.25, 0.3) is 0 Å². The van der Waals surface area contributed by atoms with E-state index in [4.69, 9.17) is 10.5 Å². The second-order valence-corrected chi connectivity index (χ2v) is 13.5. The summed E-state index contributed by atoms with van der Waals surface area (Å²) < 4.78 is 5.09. The molecule has 0 aromatic carbocycles. The lowest BCUT2D eigenvalue weighted by Gasteiger charge is -2.62. The number of fused-ring (bicyclic) bond motifs is 5. The molecule has 0 aliphatic heterocycles. The monoisotopic (exact) mass is 461 g/mol. The maximum absolute atomic E-state index is 12.3. The molecule has 33 heavy (non-hydrogen) atoms. The first-order valence-corrected chi connectivity index (χ1v) is 14.0. The highest BCUT2D eigenvalue weighted by molar-refractivity contribution is 5.72. The van der Waals surface area contributed by atoms with E-state index in [1.807, 2.05) is 0 Å². The predicted molar refractivity (Wildman–Crippen MR) is 133 cm³/mol. The molecule has 1 unspecified atom stereocenters. The van der Waals surface area contributed by atoms with Gasteiger partial charge in [-0.3, -0.25) is 4.79 Å². The molecule has 0 saturated heterocycles. The summed E-state index contributed by atoms with van der Waals surface area (Å²) in [7, 11) is 1.52.